The van der Waals surface area contributed by atoms with Crippen molar-refractivity contribution in [1.29, 1.82) is 0 Å². The Kier molecular flexibility index (Phi) is 6.57. The lowest BCUT2D eigenvalue weighted by Gasteiger charge is -2.30. The highest BCUT2D eigenvalue weighted by molar-refractivity contribution is 6.22. The highest BCUT2D eigenvalue weighted by atomic mass is 16.2. The molecule has 3 aliphatic rings. The van der Waals surface area contributed by atoms with Gasteiger partial charge in [-0.2, -0.15) is 0 Å². The molecule has 1 aromatic heterocycles. The van der Waals surface area contributed by atoms with Gasteiger partial charge in [0.05, 0.1) is 16.6 Å². The standard InChI is InChI=1S/C31H35N5O3/c1-35(2)28-24-9-5-6-10-25(24)33-26(34-28)12-11-21-17-31(21)15-13-20(14-16-31)18-32-27(37)19-36-29(38)22-7-3-4-8-23(22)30(36)39/h3-10,20-21H,11-19H2,1-2H3,(H,32,37). The number of para-hydroxylation sites is 1. The number of carbonyl (C=O) groups excluding carboxylic acids is 3. The Morgan fingerprint density at radius 1 is 1.00 bits per heavy atom. The van der Waals surface area contributed by atoms with Crippen LogP contribution in [0.15, 0.2) is 48.5 Å². The fourth-order valence-corrected chi connectivity index (χ4v) is 6.61. The molecular weight excluding hydrogens is 490 g/mol. The minimum absolute atomic E-state index is 0.225. The number of nitrogens with one attached hydrogen (secondary N) is 1. The van der Waals surface area contributed by atoms with Crippen molar-refractivity contribution in [2.45, 2.75) is 44.9 Å². The third-order valence-electron chi connectivity index (χ3n) is 9.00. The first-order chi connectivity index (χ1) is 18.8. The Labute approximate surface area is 228 Å². The summed E-state index contributed by atoms with van der Waals surface area (Å²) in [5.41, 5.74) is 2.19. The third kappa shape index (κ3) is 4.88. The van der Waals surface area contributed by atoms with Crippen LogP contribution in [0.3, 0.4) is 0 Å². The van der Waals surface area contributed by atoms with Gasteiger partial charge in [0.1, 0.15) is 18.2 Å². The number of amides is 3. The number of benzene rings is 2. The van der Waals surface area contributed by atoms with Crippen LogP contribution in [-0.4, -0.2) is 59.8 Å². The van der Waals surface area contributed by atoms with E-state index in [1.807, 2.05) is 26.2 Å². The molecule has 202 valence electrons. The van der Waals surface area contributed by atoms with Crippen LogP contribution in [0.2, 0.25) is 0 Å². The normalized spacial score (nSPS) is 23.8. The van der Waals surface area contributed by atoms with Crippen molar-refractivity contribution >= 4 is 34.4 Å². The second kappa shape index (κ2) is 10.1. The molecule has 8 heteroatoms. The van der Waals surface area contributed by atoms with Crippen LogP contribution in [0.4, 0.5) is 5.82 Å². The van der Waals surface area contributed by atoms with E-state index in [1.54, 1.807) is 24.3 Å². The van der Waals surface area contributed by atoms with Crippen LogP contribution in [0.5, 0.6) is 0 Å². The van der Waals surface area contributed by atoms with E-state index in [0.717, 1.165) is 59.0 Å². The molecule has 3 amide bonds. The van der Waals surface area contributed by atoms with Gasteiger partial charge in [0.2, 0.25) is 5.91 Å². The molecule has 2 aliphatic carbocycles. The summed E-state index contributed by atoms with van der Waals surface area (Å²) in [5.74, 6) is 2.01. The van der Waals surface area contributed by atoms with Crippen LogP contribution in [0.25, 0.3) is 10.9 Å². The van der Waals surface area contributed by atoms with Crippen molar-refractivity contribution < 1.29 is 14.4 Å². The number of carbonyl (C=O) groups is 3. The van der Waals surface area contributed by atoms with Crippen molar-refractivity contribution in [3.05, 3.63) is 65.5 Å². The van der Waals surface area contributed by atoms with E-state index >= 15 is 0 Å². The summed E-state index contributed by atoms with van der Waals surface area (Å²) < 4.78 is 0. The average molecular weight is 526 g/mol. The van der Waals surface area contributed by atoms with Gasteiger partial charge in [-0.1, -0.05) is 24.3 Å². The highest BCUT2D eigenvalue weighted by Gasteiger charge is 2.54. The number of rotatable bonds is 8. The molecule has 39 heavy (non-hydrogen) atoms. The SMILES string of the molecule is CN(C)c1nc(CCC2CC23CCC(CNC(=O)CN2C(=O)c4ccccc4C2=O)CC3)nc2ccccc12. The fourth-order valence-electron chi connectivity index (χ4n) is 6.61. The molecule has 2 heterocycles. The average Bonchev–Trinajstić information content (AvgIpc) is 3.57. The second-order valence-corrected chi connectivity index (χ2v) is 11.7. The van der Waals surface area contributed by atoms with Crippen LogP contribution >= 0.6 is 0 Å². The minimum atomic E-state index is -0.392. The van der Waals surface area contributed by atoms with Gasteiger partial charge in [-0.25, -0.2) is 9.97 Å². The maximum Gasteiger partial charge on any atom is 0.262 e. The van der Waals surface area contributed by atoms with E-state index < -0.39 is 11.8 Å². The van der Waals surface area contributed by atoms with E-state index in [9.17, 15) is 14.4 Å². The van der Waals surface area contributed by atoms with E-state index in [0.29, 0.717) is 29.0 Å². The number of fused-ring (bicyclic) bond motifs is 2. The Morgan fingerprint density at radius 2 is 1.67 bits per heavy atom. The Morgan fingerprint density at radius 3 is 2.36 bits per heavy atom. The maximum absolute atomic E-state index is 12.6. The van der Waals surface area contributed by atoms with Gasteiger partial charge in [-0.15, -0.1) is 0 Å². The van der Waals surface area contributed by atoms with Gasteiger partial charge in [-0.3, -0.25) is 19.3 Å². The molecule has 8 nitrogen and oxygen atoms in total. The van der Waals surface area contributed by atoms with Crippen LogP contribution in [0.1, 0.15) is 65.1 Å². The molecule has 0 saturated heterocycles. The summed E-state index contributed by atoms with van der Waals surface area (Å²) >= 11 is 0. The number of hydrogen-bond acceptors (Lipinski definition) is 6. The predicted molar refractivity (Wildman–Crippen MR) is 150 cm³/mol. The largest absolute Gasteiger partial charge is 0.362 e. The maximum atomic E-state index is 12.6. The third-order valence-corrected chi connectivity index (χ3v) is 9.00. The van der Waals surface area contributed by atoms with Crippen molar-refractivity contribution in [2.75, 3.05) is 32.1 Å². The van der Waals surface area contributed by atoms with Gasteiger partial charge in [0.25, 0.3) is 11.8 Å². The van der Waals surface area contributed by atoms with Crippen LogP contribution in [0, 0.1) is 17.3 Å². The molecule has 6 rings (SSSR count). The molecule has 1 unspecified atom stereocenters. The van der Waals surface area contributed by atoms with Crippen molar-refractivity contribution in [3.8, 4) is 0 Å². The topological polar surface area (TPSA) is 95.5 Å². The molecule has 1 N–H and O–H groups in total. The first kappa shape index (κ1) is 25.5. The van der Waals surface area contributed by atoms with Gasteiger partial charge in [0.15, 0.2) is 0 Å². The van der Waals surface area contributed by atoms with E-state index in [2.05, 4.69) is 22.3 Å². The molecule has 0 radical (unpaired) electrons. The van der Waals surface area contributed by atoms with Gasteiger partial charge >= 0.3 is 0 Å². The van der Waals surface area contributed by atoms with Gasteiger partial charge in [-0.05, 0) is 80.0 Å². The molecule has 3 aromatic rings. The Balaban J connectivity index is 0.962. The molecule has 2 aromatic carbocycles. The second-order valence-electron chi connectivity index (χ2n) is 11.7. The predicted octanol–water partition coefficient (Wildman–Crippen LogP) is 4.24. The van der Waals surface area contributed by atoms with Crippen molar-refractivity contribution in [3.63, 3.8) is 0 Å². The van der Waals surface area contributed by atoms with Crippen LogP contribution < -0.4 is 10.2 Å². The Bertz CT molecular complexity index is 1410. The summed E-state index contributed by atoms with van der Waals surface area (Å²) in [6.07, 6.45) is 7.88. The number of imide groups is 1. The summed E-state index contributed by atoms with van der Waals surface area (Å²) in [7, 11) is 4.06. The smallest absolute Gasteiger partial charge is 0.262 e. The number of aromatic nitrogens is 2. The van der Waals surface area contributed by atoms with Gasteiger partial charge in [0, 0.05) is 32.4 Å². The number of hydrogen-bond donors (Lipinski definition) is 1. The van der Waals surface area contributed by atoms with Gasteiger partial charge < -0.3 is 10.2 Å². The quantitative estimate of drug-likeness (QED) is 0.442. The number of nitrogens with zero attached hydrogens (tertiary/aromatic N) is 4. The van der Waals surface area contributed by atoms with Crippen LogP contribution in [-0.2, 0) is 11.2 Å². The minimum Gasteiger partial charge on any atom is -0.362 e. The number of aryl methyl sites for hydroxylation is 1. The lowest BCUT2D eigenvalue weighted by Crippen LogP contribution is -2.42. The first-order valence-electron chi connectivity index (χ1n) is 14.0. The zero-order valence-corrected chi connectivity index (χ0v) is 22.7. The monoisotopic (exact) mass is 525 g/mol. The lowest BCUT2D eigenvalue weighted by molar-refractivity contribution is -0.121. The number of anilines is 1. The lowest BCUT2D eigenvalue weighted by atomic mass is 9.78. The molecule has 1 spiro atoms. The highest BCUT2D eigenvalue weighted by Crippen LogP contribution is 2.63. The summed E-state index contributed by atoms with van der Waals surface area (Å²) in [4.78, 5) is 50.4. The molecule has 1 aliphatic heterocycles. The molecular formula is C31H35N5O3. The van der Waals surface area contributed by atoms with E-state index in [1.165, 1.54) is 19.3 Å². The fraction of sp³-hybridized carbons (Fsp3) is 0.452. The molecule has 1 atom stereocenters. The summed E-state index contributed by atoms with van der Waals surface area (Å²) in [6, 6.07) is 14.9. The van der Waals surface area contributed by atoms with E-state index in [4.69, 9.17) is 9.97 Å². The molecule has 2 fully saturated rings. The zero-order valence-electron chi connectivity index (χ0n) is 22.7. The van der Waals surface area contributed by atoms with Crippen molar-refractivity contribution in [2.24, 2.45) is 17.3 Å². The van der Waals surface area contributed by atoms with Crippen molar-refractivity contribution in [1.82, 2.24) is 20.2 Å². The molecule has 2 saturated carbocycles. The summed E-state index contributed by atoms with van der Waals surface area (Å²) in [5, 5.41) is 4.06. The first-order valence-corrected chi connectivity index (χ1v) is 14.0. The zero-order chi connectivity index (χ0) is 27.1. The Hall–Kier alpha value is -3.81. The van der Waals surface area contributed by atoms with E-state index in [-0.39, 0.29) is 12.5 Å². The molecule has 0 bridgehead atoms. The summed E-state index contributed by atoms with van der Waals surface area (Å²) in [6.45, 7) is 0.373.